The van der Waals surface area contributed by atoms with Crippen LogP contribution < -0.4 is 0 Å². The summed E-state index contributed by atoms with van der Waals surface area (Å²) >= 11 is 0. The first-order chi connectivity index (χ1) is 8.16. The molecular weight excluding hydrogens is 206 g/mol. The lowest BCUT2D eigenvalue weighted by molar-refractivity contribution is 0.639. The third kappa shape index (κ3) is 2.07. The molecule has 17 heavy (non-hydrogen) atoms. The second-order valence-electron chi connectivity index (χ2n) is 4.65. The van der Waals surface area contributed by atoms with E-state index in [0.29, 0.717) is 0 Å². The Morgan fingerprint density at radius 1 is 0.882 bits per heavy atom. The SMILES string of the molecule is CC(C)(c1ccccc1)c1ccccc1C#N. The van der Waals surface area contributed by atoms with Crippen LogP contribution in [0.5, 0.6) is 0 Å². The van der Waals surface area contributed by atoms with Gasteiger partial charge in [0.05, 0.1) is 11.6 Å². The molecule has 1 nitrogen and oxygen atoms in total. The smallest absolute Gasteiger partial charge is 0.0994 e. The zero-order valence-electron chi connectivity index (χ0n) is 10.1. The quantitative estimate of drug-likeness (QED) is 0.754. The fourth-order valence-electron chi connectivity index (χ4n) is 2.14. The van der Waals surface area contributed by atoms with Crippen molar-refractivity contribution >= 4 is 0 Å². The highest BCUT2D eigenvalue weighted by molar-refractivity contribution is 5.47. The Morgan fingerprint density at radius 3 is 2.12 bits per heavy atom. The molecule has 0 heterocycles. The van der Waals surface area contributed by atoms with E-state index in [9.17, 15) is 5.26 Å². The van der Waals surface area contributed by atoms with Gasteiger partial charge in [0.1, 0.15) is 0 Å². The van der Waals surface area contributed by atoms with Crippen LogP contribution in [0, 0.1) is 11.3 Å². The van der Waals surface area contributed by atoms with E-state index in [1.54, 1.807) is 0 Å². The summed E-state index contributed by atoms with van der Waals surface area (Å²) in [7, 11) is 0. The van der Waals surface area contributed by atoms with Crippen LogP contribution in [0.4, 0.5) is 0 Å². The van der Waals surface area contributed by atoms with E-state index >= 15 is 0 Å². The molecule has 0 aliphatic rings. The predicted molar refractivity (Wildman–Crippen MR) is 69.7 cm³/mol. The lowest BCUT2D eigenvalue weighted by atomic mass is 9.76. The average Bonchev–Trinajstić information content (AvgIpc) is 2.39. The second-order valence-corrected chi connectivity index (χ2v) is 4.65. The van der Waals surface area contributed by atoms with Crippen LogP contribution in [0.15, 0.2) is 54.6 Å². The van der Waals surface area contributed by atoms with E-state index in [2.05, 4.69) is 32.0 Å². The molecular formula is C16H15N. The molecule has 0 atom stereocenters. The van der Waals surface area contributed by atoms with Gasteiger partial charge in [0.2, 0.25) is 0 Å². The maximum absolute atomic E-state index is 9.18. The summed E-state index contributed by atoms with van der Waals surface area (Å²) in [5.74, 6) is 0. The van der Waals surface area contributed by atoms with Crippen molar-refractivity contribution in [3.8, 4) is 6.07 Å². The Morgan fingerprint density at radius 2 is 1.47 bits per heavy atom. The van der Waals surface area contributed by atoms with Crippen molar-refractivity contribution in [3.05, 3.63) is 71.3 Å². The van der Waals surface area contributed by atoms with Crippen molar-refractivity contribution < 1.29 is 0 Å². The minimum absolute atomic E-state index is 0.145. The Labute approximate surface area is 102 Å². The molecule has 0 radical (unpaired) electrons. The van der Waals surface area contributed by atoms with Gasteiger partial charge in [-0.2, -0.15) is 5.26 Å². The molecule has 0 N–H and O–H groups in total. The summed E-state index contributed by atoms with van der Waals surface area (Å²) in [4.78, 5) is 0. The largest absolute Gasteiger partial charge is 0.192 e. The van der Waals surface area contributed by atoms with E-state index in [1.165, 1.54) is 5.56 Å². The molecule has 0 aliphatic heterocycles. The van der Waals surface area contributed by atoms with Crippen molar-refractivity contribution in [3.63, 3.8) is 0 Å². The van der Waals surface area contributed by atoms with Crippen LogP contribution in [0.3, 0.4) is 0 Å². The summed E-state index contributed by atoms with van der Waals surface area (Å²) in [6.07, 6.45) is 0. The van der Waals surface area contributed by atoms with Gasteiger partial charge in [-0.15, -0.1) is 0 Å². The van der Waals surface area contributed by atoms with Gasteiger partial charge >= 0.3 is 0 Å². The lowest BCUT2D eigenvalue weighted by Gasteiger charge is -2.26. The van der Waals surface area contributed by atoms with Gasteiger partial charge in [-0.1, -0.05) is 62.4 Å². The third-order valence-electron chi connectivity index (χ3n) is 3.22. The monoisotopic (exact) mass is 221 g/mol. The van der Waals surface area contributed by atoms with Crippen LogP contribution in [0.1, 0.15) is 30.5 Å². The van der Waals surface area contributed by atoms with Gasteiger partial charge in [0.25, 0.3) is 0 Å². The molecule has 0 spiro atoms. The van der Waals surface area contributed by atoms with E-state index in [-0.39, 0.29) is 5.41 Å². The molecule has 0 fully saturated rings. The average molecular weight is 221 g/mol. The fourth-order valence-corrected chi connectivity index (χ4v) is 2.14. The van der Waals surface area contributed by atoms with Crippen LogP contribution in [0.25, 0.3) is 0 Å². The molecule has 2 aromatic carbocycles. The Hall–Kier alpha value is -2.07. The molecule has 1 heteroatoms. The molecule has 0 unspecified atom stereocenters. The maximum Gasteiger partial charge on any atom is 0.0994 e. The zero-order valence-corrected chi connectivity index (χ0v) is 10.1. The highest BCUT2D eigenvalue weighted by Gasteiger charge is 2.25. The summed E-state index contributed by atoms with van der Waals surface area (Å²) in [5, 5.41) is 9.18. The molecule has 0 saturated heterocycles. The number of nitrogens with zero attached hydrogens (tertiary/aromatic N) is 1. The van der Waals surface area contributed by atoms with Crippen molar-refractivity contribution in [2.45, 2.75) is 19.3 Å². The predicted octanol–water partition coefficient (Wildman–Crippen LogP) is 3.88. The maximum atomic E-state index is 9.18. The Bertz CT molecular complexity index is 547. The van der Waals surface area contributed by atoms with Gasteiger partial charge in [0.15, 0.2) is 0 Å². The highest BCUT2D eigenvalue weighted by Crippen LogP contribution is 2.33. The Balaban J connectivity index is 2.56. The molecule has 0 saturated carbocycles. The lowest BCUT2D eigenvalue weighted by Crippen LogP contribution is -2.20. The topological polar surface area (TPSA) is 23.8 Å². The molecule has 0 aromatic heterocycles. The van der Waals surface area contributed by atoms with Crippen molar-refractivity contribution in [2.75, 3.05) is 0 Å². The first-order valence-corrected chi connectivity index (χ1v) is 5.71. The van der Waals surface area contributed by atoms with Crippen molar-refractivity contribution in [2.24, 2.45) is 0 Å². The van der Waals surface area contributed by atoms with E-state index in [0.717, 1.165) is 11.1 Å². The Kier molecular flexibility index (Phi) is 2.97. The van der Waals surface area contributed by atoms with E-state index < -0.39 is 0 Å². The van der Waals surface area contributed by atoms with Gasteiger partial charge in [-0.05, 0) is 17.2 Å². The molecule has 2 aromatic rings. The number of nitriles is 1. The van der Waals surface area contributed by atoms with Gasteiger partial charge in [-0.25, -0.2) is 0 Å². The normalized spacial score (nSPS) is 10.9. The number of benzene rings is 2. The number of hydrogen-bond acceptors (Lipinski definition) is 1. The van der Waals surface area contributed by atoms with Crippen molar-refractivity contribution in [1.82, 2.24) is 0 Å². The van der Waals surface area contributed by atoms with Crippen LogP contribution in [-0.4, -0.2) is 0 Å². The molecule has 0 aliphatic carbocycles. The first-order valence-electron chi connectivity index (χ1n) is 5.71. The third-order valence-corrected chi connectivity index (χ3v) is 3.22. The fraction of sp³-hybridized carbons (Fsp3) is 0.188. The summed E-state index contributed by atoms with van der Waals surface area (Å²) in [6, 6.07) is 20.4. The van der Waals surface area contributed by atoms with Gasteiger partial charge in [0, 0.05) is 5.41 Å². The van der Waals surface area contributed by atoms with Crippen LogP contribution in [-0.2, 0) is 5.41 Å². The number of hydrogen-bond donors (Lipinski definition) is 0. The minimum atomic E-state index is -0.145. The molecule has 0 bridgehead atoms. The van der Waals surface area contributed by atoms with E-state index in [1.807, 2.05) is 42.5 Å². The highest BCUT2D eigenvalue weighted by atomic mass is 14.3. The summed E-state index contributed by atoms with van der Waals surface area (Å²) in [5.41, 5.74) is 2.91. The summed E-state index contributed by atoms with van der Waals surface area (Å²) in [6.45, 7) is 4.30. The van der Waals surface area contributed by atoms with Crippen LogP contribution in [0.2, 0.25) is 0 Å². The minimum Gasteiger partial charge on any atom is -0.192 e. The number of rotatable bonds is 2. The molecule has 0 amide bonds. The molecule has 2 rings (SSSR count). The standard InChI is InChI=1S/C16H15N/c1-16(2,14-9-4-3-5-10-14)15-11-7-6-8-13(15)12-17/h3-11H,1-2H3. The second kappa shape index (κ2) is 4.43. The zero-order chi connectivity index (χ0) is 12.3. The van der Waals surface area contributed by atoms with Crippen LogP contribution >= 0.6 is 0 Å². The summed E-state index contributed by atoms with van der Waals surface area (Å²) < 4.78 is 0. The van der Waals surface area contributed by atoms with Gasteiger partial charge < -0.3 is 0 Å². The molecule has 84 valence electrons. The van der Waals surface area contributed by atoms with Crippen molar-refractivity contribution in [1.29, 1.82) is 5.26 Å². The van der Waals surface area contributed by atoms with E-state index in [4.69, 9.17) is 0 Å². The first kappa shape index (κ1) is 11.4. The van der Waals surface area contributed by atoms with Gasteiger partial charge in [-0.3, -0.25) is 0 Å².